The van der Waals surface area contributed by atoms with Gasteiger partial charge >= 0.3 is 0 Å². The molecule has 1 amide bonds. The second kappa shape index (κ2) is 7.23. The molecular weight excluding hydrogens is 335 g/mol. The third-order valence-corrected chi connectivity index (χ3v) is 3.77. The van der Waals surface area contributed by atoms with Crippen molar-refractivity contribution in [1.29, 1.82) is 0 Å². The molecule has 0 radical (unpaired) electrons. The van der Waals surface area contributed by atoms with E-state index in [0.717, 1.165) is 5.56 Å². The van der Waals surface area contributed by atoms with Gasteiger partial charge in [-0.2, -0.15) is 0 Å². The van der Waals surface area contributed by atoms with Crippen LogP contribution < -0.4 is 15.6 Å². The van der Waals surface area contributed by atoms with Gasteiger partial charge < -0.3 is 15.0 Å². The van der Waals surface area contributed by atoms with Gasteiger partial charge in [0.2, 0.25) is 5.56 Å². The first kappa shape index (κ1) is 17.4. The Morgan fingerprint density at radius 3 is 2.54 bits per heavy atom. The van der Waals surface area contributed by atoms with Crippen LogP contribution in [-0.2, 0) is 0 Å². The largest absolute Gasteiger partial charge is 0.456 e. The standard InChI is InChI=1S/C20H17FN2O3/c1-12-3-5-18(26-17-6-4-14(21)10-13(17)2)16(9-12)20(25)23-15-7-8-22-19(24)11-15/h3-11H,1-2H3,(H2,22,23,24,25). The molecule has 0 aliphatic carbocycles. The first-order chi connectivity index (χ1) is 12.4. The van der Waals surface area contributed by atoms with Gasteiger partial charge in [-0.3, -0.25) is 9.59 Å². The molecule has 0 fully saturated rings. The third-order valence-electron chi connectivity index (χ3n) is 3.77. The number of carbonyl (C=O) groups is 1. The normalized spacial score (nSPS) is 10.4. The second-order valence-corrected chi connectivity index (χ2v) is 5.91. The first-order valence-corrected chi connectivity index (χ1v) is 7.97. The van der Waals surface area contributed by atoms with Crippen LogP contribution in [0.5, 0.6) is 11.5 Å². The smallest absolute Gasteiger partial charge is 0.259 e. The summed E-state index contributed by atoms with van der Waals surface area (Å²) in [6, 6.07) is 12.2. The van der Waals surface area contributed by atoms with E-state index in [2.05, 4.69) is 10.3 Å². The highest BCUT2D eigenvalue weighted by atomic mass is 19.1. The summed E-state index contributed by atoms with van der Waals surface area (Å²) in [5, 5.41) is 2.68. The number of hydrogen-bond donors (Lipinski definition) is 2. The predicted octanol–water partition coefficient (Wildman–Crippen LogP) is 4.18. The maximum Gasteiger partial charge on any atom is 0.259 e. The summed E-state index contributed by atoms with van der Waals surface area (Å²) < 4.78 is 19.1. The molecule has 3 aromatic rings. The molecule has 132 valence electrons. The lowest BCUT2D eigenvalue weighted by Crippen LogP contribution is -2.15. The molecule has 1 aromatic heterocycles. The molecule has 0 atom stereocenters. The highest BCUT2D eigenvalue weighted by molar-refractivity contribution is 6.06. The van der Waals surface area contributed by atoms with Crippen LogP contribution >= 0.6 is 0 Å². The molecule has 1 heterocycles. The molecule has 5 nitrogen and oxygen atoms in total. The van der Waals surface area contributed by atoms with Crippen LogP contribution in [0.2, 0.25) is 0 Å². The molecule has 0 unspecified atom stereocenters. The Labute approximate surface area is 149 Å². The van der Waals surface area contributed by atoms with Crippen LogP contribution in [0.4, 0.5) is 10.1 Å². The number of rotatable bonds is 4. The Bertz CT molecular complexity index is 1030. The van der Waals surface area contributed by atoms with Gasteiger partial charge in [0.25, 0.3) is 5.91 Å². The number of anilines is 1. The minimum atomic E-state index is -0.408. The van der Waals surface area contributed by atoms with Gasteiger partial charge in [-0.15, -0.1) is 0 Å². The van der Waals surface area contributed by atoms with Crippen molar-refractivity contribution in [2.45, 2.75) is 13.8 Å². The van der Waals surface area contributed by atoms with Crippen LogP contribution in [-0.4, -0.2) is 10.9 Å². The summed E-state index contributed by atoms with van der Waals surface area (Å²) in [7, 11) is 0. The lowest BCUT2D eigenvalue weighted by atomic mass is 10.1. The zero-order valence-electron chi connectivity index (χ0n) is 14.3. The molecular formula is C20H17FN2O3. The quantitative estimate of drug-likeness (QED) is 0.740. The highest BCUT2D eigenvalue weighted by Crippen LogP contribution is 2.29. The van der Waals surface area contributed by atoms with Gasteiger partial charge in [0.15, 0.2) is 0 Å². The van der Waals surface area contributed by atoms with Crippen LogP contribution in [0, 0.1) is 19.7 Å². The van der Waals surface area contributed by atoms with E-state index in [0.29, 0.717) is 28.3 Å². The molecule has 0 saturated heterocycles. The van der Waals surface area contributed by atoms with E-state index in [1.165, 1.54) is 30.5 Å². The van der Waals surface area contributed by atoms with Crippen LogP contribution in [0.15, 0.2) is 59.5 Å². The van der Waals surface area contributed by atoms with Crippen molar-refractivity contribution in [1.82, 2.24) is 4.98 Å². The van der Waals surface area contributed by atoms with E-state index < -0.39 is 5.91 Å². The maximum atomic E-state index is 13.3. The van der Waals surface area contributed by atoms with E-state index in [9.17, 15) is 14.0 Å². The summed E-state index contributed by atoms with van der Waals surface area (Å²) in [5.74, 6) is 0.0354. The minimum absolute atomic E-state index is 0.314. The number of H-pyrrole nitrogens is 1. The summed E-state index contributed by atoms with van der Waals surface area (Å²) in [6.07, 6.45) is 1.45. The van der Waals surface area contributed by atoms with Crippen molar-refractivity contribution in [2.75, 3.05) is 5.32 Å². The van der Waals surface area contributed by atoms with Crippen LogP contribution in [0.25, 0.3) is 0 Å². The van der Waals surface area contributed by atoms with Crippen molar-refractivity contribution in [3.63, 3.8) is 0 Å². The highest BCUT2D eigenvalue weighted by Gasteiger charge is 2.15. The van der Waals surface area contributed by atoms with E-state index in [1.54, 1.807) is 25.1 Å². The van der Waals surface area contributed by atoms with Gasteiger partial charge in [-0.1, -0.05) is 11.6 Å². The molecule has 3 rings (SSSR count). The van der Waals surface area contributed by atoms with Crippen LogP contribution in [0.1, 0.15) is 21.5 Å². The average Bonchev–Trinajstić information content (AvgIpc) is 2.58. The van der Waals surface area contributed by atoms with Crippen LogP contribution in [0.3, 0.4) is 0 Å². The molecule has 0 spiro atoms. The van der Waals surface area contributed by atoms with Crippen molar-refractivity contribution < 1.29 is 13.9 Å². The van der Waals surface area contributed by atoms with Gasteiger partial charge in [0, 0.05) is 18.0 Å². The molecule has 0 aliphatic heterocycles. The lowest BCUT2D eigenvalue weighted by molar-refractivity contribution is 0.102. The number of aromatic amines is 1. The number of benzene rings is 2. The zero-order chi connectivity index (χ0) is 18.7. The van der Waals surface area contributed by atoms with Crippen molar-refractivity contribution in [3.8, 4) is 11.5 Å². The lowest BCUT2D eigenvalue weighted by Gasteiger charge is -2.14. The Hall–Kier alpha value is -3.41. The van der Waals surface area contributed by atoms with Gasteiger partial charge in [-0.25, -0.2) is 4.39 Å². The molecule has 2 aromatic carbocycles. The van der Waals surface area contributed by atoms with E-state index in [1.807, 2.05) is 13.0 Å². The van der Waals surface area contributed by atoms with Crippen molar-refractivity contribution in [3.05, 3.63) is 87.6 Å². The topological polar surface area (TPSA) is 71.2 Å². The number of nitrogens with one attached hydrogen (secondary N) is 2. The molecule has 0 aliphatic rings. The second-order valence-electron chi connectivity index (χ2n) is 5.91. The van der Waals surface area contributed by atoms with Crippen molar-refractivity contribution >= 4 is 11.6 Å². The Morgan fingerprint density at radius 1 is 1.04 bits per heavy atom. The van der Waals surface area contributed by atoms with E-state index in [-0.39, 0.29) is 11.4 Å². The third kappa shape index (κ3) is 3.97. The SMILES string of the molecule is Cc1ccc(Oc2ccc(F)cc2C)c(C(=O)Nc2cc[nH]c(=O)c2)c1. The fourth-order valence-electron chi connectivity index (χ4n) is 2.48. The van der Waals surface area contributed by atoms with E-state index in [4.69, 9.17) is 4.74 Å². The van der Waals surface area contributed by atoms with Gasteiger partial charge in [0.05, 0.1) is 5.56 Å². The molecule has 26 heavy (non-hydrogen) atoms. The maximum absolute atomic E-state index is 13.3. The summed E-state index contributed by atoms with van der Waals surface area (Å²) in [5.41, 5.74) is 1.87. The van der Waals surface area contributed by atoms with E-state index >= 15 is 0 Å². The van der Waals surface area contributed by atoms with Gasteiger partial charge in [-0.05, 0) is 55.8 Å². The van der Waals surface area contributed by atoms with Crippen molar-refractivity contribution in [2.24, 2.45) is 0 Å². The number of halogens is 1. The number of ether oxygens (including phenoxy) is 1. The predicted molar refractivity (Wildman–Crippen MR) is 97.4 cm³/mol. The first-order valence-electron chi connectivity index (χ1n) is 7.97. The minimum Gasteiger partial charge on any atom is -0.456 e. The number of amides is 1. The number of pyridine rings is 1. The number of aromatic nitrogens is 1. The summed E-state index contributed by atoms with van der Waals surface area (Å²) in [6.45, 7) is 3.58. The Balaban J connectivity index is 1.92. The number of carbonyl (C=O) groups excluding carboxylic acids is 1. The van der Waals surface area contributed by atoms with Gasteiger partial charge in [0.1, 0.15) is 17.3 Å². The molecule has 6 heteroatoms. The average molecular weight is 352 g/mol. The molecule has 0 bridgehead atoms. The molecule has 0 saturated carbocycles. The monoisotopic (exact) mass is 352 g/mol. The molecule has 2 N–H and O–H groups in total. The number of hydrogen-bond acceptors (Lipinski definition) is 3. The summed E-state index contributed by atoms with van der Waals surface area (Å²) >= 11 is 0. The summed E-state index contributed by atoms with van der Waals surface area (Å²) in [4.78, 5) is 26.5. The Kier molecular flexibility index (Phi) is 4.84. The fraction of sp³-hybridized carbons (Fsp3) is 0.100. The number of aryl methyl sites for hydroxylation is 2. The fourth-order valence-corrected chi connectivity index (χ4v) is 2.48. The zero-order valence-corrected chi connectivity index (χ0v) is 14.3. The Morgan fingerprint density at radius 2 is 1.81 bits per heavy atom.